The van der Waals surface area contributed by atoms with Crippen LogP contribution in [0.15, 0.2) is 46.9 Å². The summed E-state index contributed by atoms with van der Waals surface area (Å²) in [6, 6.07) is 11.5. The molecule has 0 unspecified atom stereocenters. The summed E-state index contributed by atoms with van der Waals surface area (Å²) >= 11 is 7.56. The molecule has 0 saturated carbocycles. The minimum Gasteiger partial charge on any atom is -0.297 e. The molecular weight excluding hydrogens is 292 g/mol. The SMILES string of the molecule is O=C1CC(c2ccc(Cl)cc2)=NN(Cc2cccs2)C1. The molecule has 1 aliphatic rings. The molecule has 3 nitrogen and oxygen atoms in total. The van der Waals surface area contributed by atoms with Gasteiger partial charge in [0.1, 0.15) is 0 Å². The van der Waals surface area contributed by atoms with Crippen LogP contribution in [0.4, 0.5) is 0 Å². The van der Waals surface area contributed by atoms with Gasteiger partial charge in [-0.15, -0.1) is 11.3 Å². The summed E-state index contributed by atoms with van der Waals surface area (Å²) in [6.07, 6.45) is 0.391. The van der Waals surface area contributed by atoms with E-state index in [2.05, 4.69) is 11.2 Å². The van der Waals surface area contributed by atoms with Crippen molar-refractivity contribution in [1.29, 1.82) is 0 Å². The number of halogens is 1. The number of Topliss-reactive ketones (excluding diaryl/α,β-unsaturated/α-hetero) is 1. The molecule has 0 N–H and O–H groups in total. The average molecular weight is 305 g/mol. The van der Waals surface area contributed by atoms with Gasteiger partial charge < -0.3 is 0 Å². The lowest BCUT2D eigenvalue weighted by Crippen LogP contribution is -2.32. The number of carbonyl (C=O) groups excluding carboxylic acids is 1. The monoisotopic (exact) mass is 304 g/mol. The maximum absolute atomic E-state index is 11.9. The molecule has 1 aromatic carbocycles. The molecule has 102 valence electrons. The van der Waals surface area contributed by atoms with Crippen molar-refractivity contribution in [1.82, 2.24) is 5.01 Å². The van der Waals surface area contributed by atoms with Crippen molar-refractivity contribution in [2.75, 3.05) is 6.54 Å². The molecule has 0 bridgehead atoms. The predicted molar refractivity (Wildman–Crippen MR) is 82.3 cm³/mol. The summed E-state index contributed by atoms with van der Waals surface area (Å²) in [5.41, 5.74) is 1.77. The molecule has 2 aromatic rings. The maximum Gasteiger partial charge on any atom is 0.159 e. The lowest BCUT2D eigenvalue weighted by atomic mass is 10.0. The second-order valence-corrected chi connectivity index (χ2v) is 6.14. The highest BCUT2D eigenvalue weighted by Gasteiger charge is 2.20. The highest BCUT2D eigenvalue weighted by Crippen LogP contribution is 2.18. The molecule has 0 spiro atoms. The van der Waals surface area contributed by atoms with Gasteiger partial charge in [0.2, 0.25) is 0 Å². The largest absolute Gasteiger partial charge is 0.297 e. The van der Waals surface area contributed by atoms with Crippen molar-refractivity contribution in [2.24, 2.45) is 5.10 Å². The summed E-state index contributed by atoms with van der Waals surface area (Å²) in [5.74, 6) is 0.196. The topological polar surface area (TPSA) is 32.7 Å². The molecule has 1 aliphatic heterocycles. The van der Waals surface area contributed by atoms with Crippen LogP contribution < -0.4 is 0 Å². The third kappa shape index (κ3) is 3.08. The molecular formula is C15H13ClN2OS. The number of hydrogen-bond acceptors (Lipinski definition) is 4. The van der Waals surface area contributed by atoms with Crippen molar-refractivity contribution >= 4 is 34.4 Å². The van der Waals surface area contributed by atoms with Crippen LogP contribution >= 0.6 is 22.9 Å². The van der Waals surface area contributed by atoms with Crippen molar-refractivity contribution < 1.29 is 4.79 Å². The van der Waals surface area contributed by atoms with Crippen LogP contribution in [-0.2, 0) is 11.3 Å². The van der Waals surface area contributed by atoms with E-state index in [1.807, 2.05) is 40.7 Å². The summed E-state index contributed by atoms with van der Waals surface area (Å²) in [6.45, 7) is 1.06. The Bertz CT molecular complexity index is 634. The Balaban J connectivity index is 1.84. The molecule has 20 heavy (non-hydrogen) atoms. The van der Waals surface area contributed by atoms with Gasteiger partial charge >= 0.3 is 0 Å². The highest BCUT2D eigenvalue weighted by atomic mass is 35.5. The summed E-state index contributed by atoms with van der Waals surface area (Å²) in [7, 11) is 0. The van der Waals surface area contributed by atoms with E-state index in [-0.39, 0.29) is 5.78 Å². The average Bonchev–Trinajstić information content (AvgIpc) is 2.91. The standard InChI is InChI=1S/C15H13ClN2OS/c16-12-5-3-11(4-6-12)15-8-13(19)9-18(17-15)10-14-2-1-7-20-14/h1-7H,8-10H2. The number of nitrogens with zero attached hydrogens (tertiary/aromatic N) is 2. The Labute approximate surface area is 126 Å². The number of thiophene rings is 1. The van der Waals surface area contributed by atoms with Gasteiger partial charge in [-0.2, -0.15) is 5.10 Å². The van der Waals surface area contributed by atoms with Gasteiger partial charge in [0, 0.05) is 9.90 Å². The first-order valence-corrected chi connectivity index (χ1v) is 7.59. The van der Waals surface area contributed by atoms with E-state index in [0.29, 0.717) is 24.5 Å². The molecule has 0 amide bonds. The third-order valence-electron chi connectivity index (χ3n) is 3.08. The normalized spacial score (nSPS) is 15.3. The second kappa shape index (κ2) is 5.77. The lowest BCUT2D eigenvalue weighted by Gasteiger charge is -2.24. The zero-order chi connectivity index (χ0) is 13.9. The fourth-order valence-corrected chi connectivity index (χ4v) is 3.00. The van der Waals surface area contributed by atoms with Crippen molar-refractivity contribution in [3.63, 3.8) is 0 Å². The Morgan fingerprint density at radius 1 is 1.25 bits per heavy atom. The minimum atomic E-state index is 0.196. The summed E-state index contributed by atoms with van der Waals surface area (Å²) < 4.78 is 0. The number of carbonyl (C=O) groups is 1. The lowest BCUT2D eigenvalue weighted by molar-refractivity contribution is -0.119. The van der Waals surface area contributed by atoms with E-state index >= 15 is 0 Å². The fourth-order valence-electron chi connectivity index (χ4n) is 2.16. The maximum atomic E-state index is 11.9. The van der Waals surface area contributed by atoms with Crippen LogP contribution in [0.25, 0.3) is 0 Å². The Morgan fingerprint density at radius 2 is 2.05 bits per heavy atom. The van der Waals surface area contributed by atoms with Crippen LogP contribution in [-0.4, -0.2) is 23.0 Å². The molecule has 0 saturated heterocycles. The van der Waals surface area contributed by atoms with E-state index in [1.54, 1.807) is 11.3 Å². The van der Waals surface area contributed by atoms with Crippen LogP contribution in [0, 0.1) is 0 Å². The van der Waals surface area contributed by atoms with Crippen molar-refractivity contribution in [3.8, 4) is 0 Å². The van der Waals surface area contributed by atoms with Gasteiger partial charge in [0.25, 0.3) is 0 Å². The molecule has 0 atom stereocenters. The molecule has 5 heteroatoms. The molecule has 0 fully saturated rings. The van der Waals surface area contributed by atoms with Gasteiger partial charge in [-0.25, -0.2) is 0 Å². The smallest absolute Gasteiger partial charge is 0.159 e. The van der Waals surface area contributed by atoms with E-state index in [9.17, 15) is 4.79 Å². The second-order valence-electron chi connectivity index (χ2n) is 4.67. The Hall–Kier alpha value is -1.65. The van der Waals surface area contributed by atoms with Gasteiger partial charge in [0.15, 0.2) is 5.78 Å². The summed E-state index contributed by atoms with van der Waals surface area (Å²) in [5, 5.41) is 9.15. The van der Waals surface area contributed by atoms with Gasteiger partial charge in [-0.05, 0) is 29.1 Å². The van der Waals surface area contributed by atoms with Crippen LogP contribution in [0.3, 0.4) is 0 Å². The van der Waals surface area contributed by atoms with Crippen molar-refractivity contribution in [3.05, 3.63) is 57.2 Å². The van der Waals surface area contributed by atoms with Crippen molar-refractivity contribution in [2.45, 2.75) is 13.0 Å². The quantitative estimate of drug-likeness (QED) is 0.868. The zero-order valence-electron chi connectivity index (χ0n) is 10.8. The van der Waals surface area contributed by atoms with Crippen LogP contribution in [0.5, 0.6) is 0 Å². The van der Waals surface area contributed by atoms with E-state index in [0.717, 1.165) is 11.3 Å². The van der Waals surface area contributed by atoms with E-state index in [4.69, 9.17) is 11.6 Å². The van der Waals surface area contributed by atoms with Gasteiger partial charge in [-0.3, -0.25) is 9.80 Å². The minimum absolute atomic E-state index is 0.196. The first kappa shape index (κ1) is 13.3. The number of hydrogen-bond donors (Lipinski definition) is 0. The third-order valence-corrected chi connectivity index (χ3v) is 4.19. The zero-order valence-corrected chi connectivity index (χ0v) is 12.3. The van der Waals surface area contributed by atoms with Crippen LogP contribution in [0.1, 0.15) is 16.9 Å². The Morgan fingerprint density at radius 3 is 2.75 bits per heavy atom. The first-order chi connectivity index (χ1) is 9.70. The van der Waals surface area contributed by atoms with Gasteiger partial charge in [0.05, 0.1) is 25.2 Å². The summed E-state index contributed by atoms with van der Waals surface area (Å²) in [4.78, 5) is 13.1. The predicted octanol–water partition coefficient (Wildman–Crippen LogP) is 3.58. The van der Waals surface area contributed by atoms with E-state index in [1.165, 1.54) is 4.88 Å². The number of rotatable bonds is 3. The molecule has 0 radical (unpaired) electrons. The van der Waals surface area contributed by atoms with Crippen LogP contribution in [0.2, 0.25) is 5.02 Å². The molecule has 1 aromatic heterocycles. The number of benzene rings is 1. The molecule has 2 heterocycles. The Kier molecular flexibility index (Phi) is 3.85. The number of ketones is 1. The highest BCUT2D eigenvalue weighted by molar-refractivity contribution is 7.09. The fraction of sp³-hybridized carbons (Fsp3) is 0.200. The first-order valence-electron chi connectivity index (χ1n) is 6.33. The molecule has 3 rings (SSSR count). The van der Waals surface area contributed by atoms with E-state index < -0.39 is 0 Å². The number of hydrazone groups is 1. The van der Waals surface area contributed by atoms with Gasteiger partial charge in [-0.1, -0.05) is 29.8 Å². The molecule has 0 aliphatic carbocycles.